The summed E-state index contributed by atoms with van der Waals surface area (Å²) in [5.41, 5.74) is -0.0350. The number of hydrogen-bond acceptors (Lipinski definition) is 4. The highest BCUT2D eigenvalue weighted by atomic mass is 19.3. The van der Waals surface area contributed by atoms with Gasteiger partial charge in [0.15, 0.2) is 0 Å². The standard InChI is InChI=1S/C10H12F2N2O3/c11-8(12)6-14(3-4-15)9-5-7(10(16)17)1-2-13-9/h1-2,5,8,15H,3-4,6H2,(H,16,17). The number of hydrogen-bond donors (Lipinski definition) is 2. The monoisotopic (exact) mass is 246 g/mol. The third-order valence-electron chi connectivity index (χ3n) is 2.04. The van der Waals surface area contributed by atoms with E-state index in [1.165, 1.54) is 18.3 Å². The largest absolute Gasteiger partial charge is 0.478 e. The quantitative estimate of drug-likeness (QED) is 0.778. The number of aromatic nitrogens is 1. The van der Waals surface area contributed by atoms with Gasteiger partial charge in [0.25, 0.3) is 6.43 Å². The third-order valence-corrected chi connectivity index (χ3v) is 2.04. The van der Waals surface area contributed by atoms with Crippen LogP contribution in [0.1, 0.15) is 10.4 Å². The number of anilines is 1. The van der Waals surface area contributed by atoms with Gasteiger partial charge >= 0.3 is 5.97 Å². The number of pyridine rings is 1. The lowest BCUT2D eigenvalue weighted by Crippen LogP contribution is -2.32. The van der Waals surface area contributed by atoms with Crippen LogP contribution in [0, 0.1) is 0 Å². The Morgan fingerprint density at radius 3 is 2.76 bits per heavy atom. The number of nitrogens with zero attached hydrogens (tertiary/aromatic N) is 2. The van der Waals surface area contributed by atoms with E-state index < -0.39 is 18.9 Å². The van der Waals surface area contributed by atoms with Gasteiger partial charge in [0.1, 0.15) is 5.82 Å². The Hall–Kier alpha value is -1.76. The van der Waals surface area contributed by atoms with Gasteiger partial charge in [0.05, 0.1) is 18.7 Å². The number of carboxylic acid groups (broad SMARTS) is 1. The summed E-state index contributed by atoms with van der Waals surface area (Å²) < 4.78 is 24.6. The van der Waals surface area contributed by atoms with Gasteiger partial charge in [-0.2, -0.15) is 0 Å². The Kier molecular flexibility index (Phi) is 4.77. The van der Waals surface area contributed by atoms with E-state index in [-0.39, 0.29) is 24.5 Å². The molecule has 7 heteroatoms. The van der Waals surface area contributed by atoms with Crippen molar-refractivity contribution >= 4 is 11.8 Å². The van der Waals surface area contributed by atoms with Crippen molar-refractivity contribution in [3.8, 4) is 0 Å². The van der Waals surface area contributed by atoms with Crippen molar-refractivity contribution in [3.63, 3.8) is 0 Å². The smallest absolute Gasteiger partial charge is 0.335 e. The molecule has 1 heterocycles. The van der Waals surface area contributed by atoms with E-state index in [2.05, 4.69) is 4.98 Å². The van der Waals surface area contributed by atoms with E-state index in [0.717, 1.165) is 4.90 Å². The Bertz CT molecular complexity index is 388. The van der Waals surface area contributed by atoms with Gasteiger partial charge in [0, 0.05) is 12.7 Å². The number of carboxylic acids is 1. The van der Waals surface area contributed by atoms with Crippen LogP contribution in [0.4, 0.5) is 14.6 Å². The summed E-state index contributed by atoms with van der Waals surface area (Å²) in [6, 6.07) is 2.46. The van der Waals surface area contributed by atoms with E-state index in [0.29, 0.717) is 0 Å². The highest BCUT2D eigenvalue weighted by molar-refractivity contribution is 5.88. The highest BCUT2D eigenvalue weighted by Crippen LogP contribution is 2.14. The molecule has 0 bridgehead atoms. The summed E-state index contributed by atoms with van der Waals surface area (Å²) in [7, 11) is 0. The van der Waals surface area contributed by atoms with Crippen molar-refractivity contribution in [2.75, 3.05) is 24.6 Å². The van der Waals surface area contributed by atoms with Crippen LogP contribution >= 0.6 is 0 Å². The van der Waals surface area contributed by atoms with E-state index in [4.69, 9.17) is 10.2 Å². The van der Waals surface area contributed by atoms with Crippen LogP contribution < -0.4 is 4.90 Å². The molecule has 1 aromatic rings. The fourth-order valence-corrected chi connectivity index (χ4v) is 1.31. The van der Waals surface area contributed by atoms with Crippen molar-refractivity contribution in [1.29, 1.82) is 0 Å². The molecule has 1 aromatic heterocycles. The molecule has 1 rings (SSSR count). The van der Waals surface area contributed by atoms with E-state index in [9.17, 15) is 13.6 Å². The average Bonchev–Trinajstić information content (AvgIpc) is 2.28. The van der Waals surface area contributed by atoms with E-state index >= 15 is 0 Å². The van der Waals surface area contributed by atoms with Gasteiger partial charge in [-0.3, -0.25) is 0 Å². The number of carbonyl (C=O) groups is 1. The summed E-state index contributed by atoms with van der Waals surface area (Å²) in [5, 5.41) is 17.5. The molecule has 0 spiro atoms. The minimum Gasteiger partial charge on any atom is -0.478 e. The molecule has 0 saturated carbocycles. The summed E-state index contributed by atoms with van der Waals surface area (Å²) >= 11 is 0. The molecule has 0 radical (unpaired) electrons. The van der Waals surface area contributed by atoms with Crippen LogP contribution in [-0.4, -0.2) is 47.3 Å². The molecular weight excluding hydrogens is 234 g/mol. The molecule has 17 heavy (non-hydrogen) atoms. The van der Waals surface area contributed by atoms with Crippen LogP contribution in [0.25, 0.3) is 0 Å². The lowest BCUT2D eigenvalue weighted by Gasteiger charge is -2.22. The van der Waals surface area contributed by atoms with Gasteiger partial charge in [-0.05, 0) is 12.1 Å². The first-order valence-electron chi connectivity index (χ1n) is 4.88. The number of rotatable bonds is 6. The van der Waals surface area contributed by atoms with Crippen molar-refractivity contribution in [1.82, 2.24) is 4.98 Å². The summed E-state index contributed by atoms with van der Waals surface area (Å²) in [6.45, 7) is -0.942. The van der Waals surface area contributed by atoms with E-state index in [1.807, 2.05) is 0 Å². The second-order valence-corrected chi connectivity index (χ2v) is 3.27. The zero-order chi connectivity index (χ0) is 12.8. The molecule has 2 N–H and O–H groups in total. The van der Waals surface area contributed by atoms with Gasteiger partial charge < -0.3 is 15.1 Å². The number of aliphatic hydroxyl groups excluding tert-OH is 1. The van der Waals surface area contributed by atoms with Crippen LogP contribution in [0.5, 0.6) is 0 Å². The topological polar surface area (TPSA) is 73.7 Å². The zero-order valence-electron chi connectivity index (χ0n) is 8.88. The molecule has 0 amide bonds. The summed E-state index contributed by atoms with van der Waals surface area (Å²) in [4.78, 5) is 15.7. The zero-order valence-corrected chi connectivity index (χ0v) is 8.88. The molecule has 0 saturated heterocycles. The second kappa shape index (κ2) is 6.09. The SMILES string of the molecule is O=C(O)c1ccnc(N(CCO)CC(F)F)c1. The Labute approximate surface area is 96.3 Å². The number of aliphatic hydroxyl groups is 1. The molecule has 5 nitrogen and oxygen atoms in total. The van der Waals surface area contributed by atoms with Gasteiger partial charge in [-0.15, -0.1) is 0 Å². The number of halogens is 2. The maximum Gasteiger partial charge on any atom is 0.335 e. The van der Waals surface area contributed by atoms with Crippen molar-refractivity contribution in [3.05, 3.63) is 23.9 Å². The lowest BCUT2D eigenvalue weighted by molar-refractivity contribution is 0.0697. The summed E-state index contributed by atoms with van der Waals surface area (Å²) in [5.74, 6) is -1.05. The molecular formula is C10H12F2N2O3. The Morgan fingerprint density at radius 2 is 2.24 bits per heavy atom. The van der Waals surface area contributed by atoms with Gasteiger partial charge in [-0.25, -0.2) is 18.6 Å². The number of alkyl halides is 2. The van der Waals surface area contributed by atoms with Gasteiger partial charge in [-0.1, -0.05) is 0 Å². The molecule has 0 aliphatic carbocycles. The molecule has 0 aromatic carbocycles. The third kappa shape index (κ3) is 3.95. The van der Waals surface area contributed by atoms with Crippen molar-refractivity contribution < 1.29 is 23.8 Å². The average molecular weight is 246 g/mol. The fraction of sp³-hybridized carbons (Fsp3) is 0.400. The molecule has 0 fully saturated rings. The van der Waals surface area contributed by atoms with Crippen molar-refractivity contribution in [2.45, 2.75) is 6.43 Å². The van der Waals surface area contributed by atoms with Crippen LogP contribution in [0.3, 0.4) is 0 Å². The first kappa shape index (κ1) is 13.3. The highest BCUT2D eigenvalue weighted by Gasteiger charge is 2.15. The Morgan fingerprint density at radius 1 is 1.53 bits per heavy atom. The number of aromatic carboxylic acids is 1. The first-order chi connectivity index (χ1) is 8.04. The predicted octanol–water partition coefficient (Wildman–Crippen LogP) is 0.844. The minimum atomic E-state index is -2.59. The van der Waals surface area contributed by atoms with E-state index in [1.54, 1.807) is 0 Å². The Balaban J connectivity index is 2.92. The second-order valence-electron chi connectivity index (χ2n) is 3.27. The predicted molar refractivity (Wildman–Crippen MR) is 56.5 cm³/mol. The van der Waals surface area contributed by atoms with Crippen LogP contribution in [-0.2, 0) is 0 Å². The van der Waals surface area contributed by atoms with Crippen LogP contribution in [0.15, 0.2) is 18.3 Å². The maximum atomic E-state index is 12.3. The molecule has 0 unspecified atom stereocenters. The fourth-order valence-electron chi connectivity index (χ4n) is 1.31. The normalized spacial score (nSPS) is 10.6. The van der Waals surface area contributed by atoms with Gasteiger partial charge in [0.2, 0.25) is 0 Å². The molecule has 0 aliphatic heterocycles. The van der Waals surface area contributed by atoms with Crippen molar-refractivity contribution in [2.24, 2.45) is 0 Å². The minimum absolute atomic E-state index is 0.0274. The maximum absolute atomic E-state index is 12.3. The molecule has 0 aliphatic rings. The summed E-state index contributed by atoms with van der Waals surface area (Å²) in [6.07, 6.45) is -1.36. The lowest BCUT2D eigenvalue weighted by atomic mass is 10.2. The molecule has 0 atom stereocenters. The first-order valence-corrected chi connectivity index (χ1v) is 4.88. The van der Waals surface area contributed by atoms with Crippen LogP contribution in [0.2, 0.25) is 0 Å². The molecule has 94 valence electrons.